The van der Waals surface area contributed by atoms with E-state index in [9.17, 15) is 16.8 Å². The molecule has 0 bridgehead atoms. The van der Waals surface area contributed by atoms with Crippen molar-refractivity contribution < 1.29 is 26.2 Å². The van der Waals surface area contributed by atoms with E-state index >= 15 is 0 Å². The van der Waals surface area contributed by atoms with Gasteiger partial charge in [0.15, 0.2) is 0 Å². The van der Waals surface area contributed by atoms with Crippen LogP contribution in [0.25, 0.3) is 0 Å². The highest BCUT2D eigenvalue weighted by atomic mass is 32.2. The monoisotopic (exact) mass is 268 g/mol. The number of nitrogens with one attached hydrogen (secondary N) is 1. The Balaban J connectivity index is 3.15. The van der Waals surface area contributed by atoms with Crippen LogP contribution >= 0.6 is 0 Å². The molecule has 0 spiro atoms. The SMILES string of the molecule is NS(=O)(=O)Oc1cccc(S(=O)(=O)NO)c1. The van der Waals surface area contributed by atoms with Crippen molar-refractivity contribution in [2.24, 2.45) is 5.14 Å². The van der Waals surface area contributed by atoms with Gasteiger partial charge in [-0.25, -0.2) is 8.42 Å². The van der Waals surface area contributed by atoms with Crippen LogP contribution in [-0.2, 0) is 20.3 Å². The van der Waals surface area contributed by atoms with Crippen LogP contribution in [0, 0.1) is 0 Å². The lowest BCUT2D eigenvalue weighted by Crippen LogP contribution is -2.21. The number of benzene rings is 1. The lowest BCUT2D eigenvalue weighted by Gasteiger charge is -2.04. The second kappa shape index (κ2) is 4.35. The Bertz CT molecular complexity index is 579. The van der Waals surface area contributed by atoms with Crippen molar-refractivity contribution in [2.45, 2.75) is 4.90 Å². The molecule has 0 unspecified atom stereocenters. The molecule has 4 N–H and O–H groups in total. The van der Waals surface area contributed by atoms with E-state index in [-0.39, 0.29) is 10.6 Å². The normalized spacial score (nSPS) is 12.4. The van der Waals surface area contributed by atoms with Gasteiger partial charge in [-0.3, -0.25) is 0 Å². The minimum atomic E-state index is -4.22. The Labute approximate surface area is 91.9 Å². The summed E-state index contributed by atoms with van der Waals surface area (Å²) >= 11 is 0. The molecular weight excluding hydrogens is 260 g/mol. The van der Waals surface area contributed by atoms with E-state index < -0.39 is 20.3 Å². The molecule has 0 aliphatic carbocycles. The van der Waals surface area contributed by atoms with E-state index in [2.05, 4.69) is 9.32 Å². The summed E-state index contributed by atoms with van der Waals surface area (Å²) < 4.78 is 47.6. The summed E-state index contributed by atoms with van der Waals surface area (Å²) in [5.74, 6) is -0.279. The second-order valence-corrected chi connectivity index (χ2v) is 5.46. The predicted octanol–water partition coefficient (Wildman–Crippen LogP) is -1.06. The Morgan fingerprint density at radius 3 is 2.38 bits per heavy atom. The summed E-state index contributed by atoms with van der Waals surface area (Å²) in [6.45, 7) is 0. The van der Waals surface area contributed by atoms with Gasteiger partial charge in [-0.05, 0) is 12.1 Å². The van der Waals surface area contributed by atoms with Gasteiger partial charge < -0.3 is 9.39 Å². The first-order valence-electron chi connectivity index (χ1n) is 3.73. The lowest BCUT2D eigenvalue weighted by molar-refractivity contribution is 0.242. The molecule has 0 aromatic heterocycles. The van der Waals surface area contributed by atoms with Crippen molar-refractivity contribution in [3.05, 3.63) is 24.3 Å². The van der Waals surface area contributed by atoms with Gasteiger partial charge in [0.05, 0.1) is 4.90 Å². The third-order valence-electron chi connectivity index (χ3n) is 1.45. The van der Waals surface area contributed by atoms with E-state index in [4.69, 9.17) is 5.21 Å². The van der Waals surface area contributed by atoms with Gasteiger partial charge in [0.25, 0.3) is 10.0 Å². The first-order valence-corrected chi connectivity index (χ1v) is 6.68. The number of rotatable bonds is 4. The zero-order chi connectivity index (χ0) is 12.4. The highest BCUT2D eigenvalue weighted by Gasteiger charge is 2.14. The largest absolute Gasteiger partial charge is 0.380 e. The topological polar surface area (TPSA) is 136 Å². The Kier molecular flexibility index (Phi) is 3.50. The zero-order valence-electron chi connectivity index (χ0n) is 7.69. The van der Waals surface area contributed by atoms with Gasteiger partial charge in [0, 0.05) is 6.07 Å². The molecular formula is C6H8N2O6S2. The molecule has 16 heavy (non-hydrogen) atoms. The van der Waals surface area contributed by atoms with Crippen LogP contribution in [0.5, 0.6) is 5.75 Å². The van der Waals surface area contributed by atoms with E-state index in [1.165, 1.54) is 12.1 Å². The van der Waals surface area contributed by atoms with E-state index in [1.807, 2.05) is 0 Å². The van der Waals surface area contributed by atoms with Gasteiger partial charge in [-0.1, -0.05) is 11.0 Å². The smallest absolute Gasteiger partial charge is 0.371 e. The van der Waals surface area contributed by atoms with Gasteiger partial charge in [0.2, 0.25) is 0 Å². The standard InChI is InChI=1S/C6H8N2O6S2/c7-16(12,13)14-5-2-1-3-6(4-5)15(10,11)8-9/h1-4,8-9H,(H2,7,12,13). The maximum absolute atomic E-state index is 11.1. The Morgan fingerprint density at radius 2 is 1.88 bits per heavy atom. The highest BCUT2D eigenvalue weighted by Crippen LogP contribution is 2.17. The van der Waals surface area contributed by atoms with Crippen molar-refractivity contribution >= 4 is 20.3 Å². The summed E-state index contributed by atoms with van der Waals surface area (Å²) in [6.07, 6.45) is 0. The predicted molar refractivity (Wildman–Crippen MR) is 52.3 cm³/mol. The minimum absolute atomic E-state index is 0.279. The maximum atomic E-state index is 11.1. The zero-order valence-corrected chi connectivity index (χ0v) is 9.32. The van der Waals surface area contributed by atoms with Gasteiger partial charge in [-0.15, -0.1) is 0 Å². The fraction of sp³-hybridized carbons (Fsp3) is 0. The molecule has 1 aromatic rings. The molecule has 1 aromatic carbocycles. The second-order valence-electron chi connectivity index (χ2n) is 2.65. The van der Waals surface area contributed by atoms with Crippen LogP contribution in [0.4, 0.5) is 0 Å². The molecule has 0 saturated carbocycles. The molecule has 10 heteroatoms. The maximum Gasteiger partial charge on any atom is 0.380 e. The number of hydrogen-bond acceptors (Lipinski definition) is 6. The lowest BCUT2D eigenvalue weighted by atomic mass is 10.3. The Hall–Kier alpha value is -1.20. The summed E-state index contributed by atoms with van der Waals surface area (Å²) in [5, 5.41) is 12.9. The third-order valence-corrected chi connectivity index (χ3v) is 2.99. The van der Waals surface area contributed by atoms with Crippen molar-refractivity contribution in [1.82, 2.24) is 4.89 Å². The number of hydrogen-bond donors (Lipinski definition) is 3. The van der Waals surface area contributed by atoms with E-state index in [0.717, 1.165) is 17.0 Å². The first-order chi connectivity index (χ1) is 7.24. The Morgan fingerprint density at radius 1 is 1.25 bits per heavy atom. The summed E-state index contributed by atoms with van der Waals surface area (Å²) in [4.78, 5) is 0.719. The van der Waals surface area contributed by atoms with Crippen LogP contribution in [0.1, 0.15) is 0 Å². The quantitative estimate of drug-likeness (QED) is 0.595. The van der Waals surface area contributed by atoms with Crippen LogP contribution in [-0.4, -0.2) is 22.0 Å². The van der Waals surface area contributed by atoms with Crippen molar-refractivity contribution in [1.29, 1.82) is 0 Å². The molecule has 8 nitrogen and oxygen atoms in total. The highest BCUT2D eigenvalue weighted by molar-refractivity contribution is 7.89. The molecule has 0 atom stereocenters. The third kappa shape index (κ3) is 3.43. The molecule has 0 aliphatic heterocycles. The van der Waals surface area contributed by atoms with Crippen molar-refractivity contribution in [2.75, 3.05) is 0 Å². The van der Waals surface area contributed by atoms with Crippen LogP contribution < -0.4 is 14.2 Å². The first kappa shape index (κ1) is 12.9. The summed E-state index contributed by atoms with van der Waals surface area (Å²) in [7, 11) is -8.31. The van der Waals surface area contributed by atoms with Gasteiger partial charge in [-0.2, -0.15) is 13.6 Å². The minimum Gasteiger partial charge on any atom is -0.371 e. The van der Waals surface area contributed by atoms with E-state index in [0.29, 0.717) is 0 Å². The molecule has 0 amide bonds. The van der Waals surface area contributed by atoms with E-state index in [1.54, 1.807) is 0 Å². The van der Waals surface area contributed by atoms with Gasteiger partial charge in [0.1, 0.15) is 5.75 Å². The van der Waals surface area contributed by atoms with Crippen LogP contribution in [0.15, 0.2) is 29.2 Å². The van der Waals surface area contributed by atoms with Crippen LogP contribution in [0.2, 0.25) is 0 Å². The van der Waals surface area contributed by atoms with Gasteiger partial charge >= 0.3 is 10.3 Å². The molecule has 0 saturated heterocycles. The molecule has 90 valence electrons. The number of sulfonamides is 1. The molecule has 0 heterocycles. The average Bonchev–Trinajstić information content (AvgIpc) is 2.15. The average molecular weight is 268 g/mol. The molecule has 1 rings (SSSR count). The summed E-state index contributed by atoms with van der Waals surface area (Å²) in [6, 6.07) is 4.45. The molecule has 0 fully saturated rings. The van der Waals surface area contributed by atoms with Crippen molar-refractivity contribution in [3.8, 4) is 5.75 Å². The van der Waals surface area contributed by atoms with Crippen molar-refractivity contribution in [3.63, 3.8) is 0 Å². The molecule has 0 radical (unpaired) electrons. The summed E-state index contributed by atoms with van der Waals surface area (Å²) in [5.41, 5.74) is 0. The fourth-order valence-corrected chi connectivity index (χ4v) is 1.89. The number of nitrogens with two attached hydrogens (primary N) is 1. The fourth-order valence-electron chi connectivity index (χ4n) is 0.880. The van der Waals surface area contributed by atoms with Crippen LogP contribution in [0.3, 0.4) is 0 Å². The molecule has 0 aliphatic rings.